The van der Waals surface area contributed by atoms with E-state index in [1.165, 1.54) is 4.90 Å². The molecule has 1 atom stereocenters. The van der Waals surface area contributed by atoms with Gasteiger partial charge in [-0.2, -0.15) is 0 Å². The van der Waals surface area contributed by atoms with Gasteiger partial charge in [-0.25, -0.2) is 4.79 Å². The smallest absolute Gasteiger partial charge is 0.318 e. The molecule has 212 valence electrons. The van der Waals surface area contributed by atoms with Gasteiger partial charge in [0.25, 0.3) is 5.89 Å². The zero-order valence-corrected chi connectivity index (χ0v) is 23.5. The molecule has 9 heteroatoms. The molecular weight excluding hydrogens is 518 g/mol. The van der Waals surface area contributed by atoms with E-state index in [0.717, 1.165) is 22.3 Å². The monoisotopic (exact) mass is 553 g/mol. The second-order valence-corrected chi connectivity index (χ2v) is 10.3. The summed E-state index contributed by atoms with van der Waals surface area (Å²) in [5.41, 5.74) is 3.91. The van der Waals surface area contributed by atoms with E-state index in [0.29, 0.717) is 18.9 Å². The number of ketones is 1. The molecule has 0 bridgehead atoms. The van der Waals surface area contributed by atoms with E-state index in [1.54, 1.807) is 0 Å². The second-order valence-electron chi connectivity index (χ2n) is 10.3. The Morgan fingerprint density at radius 2 is 1.51 bits per heavy atom. The predicted molar refractivity (Wildman–Crippen MR) is 155 cm³/mol. The molecule has 0 fully saturated rings. The number of carbonyl (C=O) groups is 3. The maximum absolute atomic E-state index is 13.3. The highest BCUT2D eigenvalue weighted by Crippen LogP contribution is 2.14. The Kier molecular flexibility index (Phi) is 9.99. The van der Waals surface area contributed by atoms with Gasteiger partial charge in [0, 0.05) is 13.1 Å². The van der Waals surface area contributed by atoms with Crippen LogP contribution >= 0.6 is 0 Å². The third-order valence-corrected chi connectivity index (χ3v) is 6.51. The normalized spacial score (nSPS) is 11.6. The van der Waals surface area contributed by atoms with Gasteiger partial charge in [-0.3, -0.25) is 9.59 Å². The summed E-state index contributed by atoms with van der Waals surface area (Å²) in [7, 11) is 0. The number of hydrogen-bond acceptors (Lipinski definition) is 6. The molecule has 1 aromatic heterocycles. The maximum atomic E-state index is 13.3. The van der Waals surface area contributed by atoms with Crippen molar-refractivity contribution in [3.63, 3.8) is 0 Å². The van der Waals surface area contributed by atoms with Gasteiger partial charge >= 0.3 is 6.03 Å². The highest BCUT2D eigenvalue weighted by molar-refractivity contribution is 5.99. The minimum atomic E-state index is -0.902. The molecule has 3 aromatic carbocycles. The number of rotatable bonds is 12. The molecule has 0 saturated carbocycles. The molecule has 4 rings (SSSR count). The number of aryl methyl sites for hydroxylation is 1. The number of carbonyl (C=O) groups excluding carboxylic acids is 3. The lowest BCUT2D eigenvalue weighted by atomic mass is 9.99. The van der Waals surface area contributed by atoms with Crippen molar-refractivity contribution in [2.24, 2.45) is 5.92 Å². The van der Waals surface area contributed by atoms with Crippen LogP contribution in [-0.2, 0) is 24.3 Å². The molecule has 0 aliphatic heterocycles. The van der Waals surface area contributed by atoms with Crippen molar-refractivity contribution in [1.29, 1.82) is 0 Å². The fourth-order valence-corrected chi connectivity index (χ4v) is 4.37. The average Bonchev–Trinajstić information content (AvgIpc) is 3.43. The number of aromatic nitrogens is 2. The average molecular weight is 554 g/mol. The van der Waals surface area contributed by atoms with E-state index in [4.69, 9.17) is 4.42 Å². The molecule has 0 aliphatic rings. The Morgan fingerprint density at radius 3 is 2.17 bits per heavy atom. The van der Waals surface area contributed by atoms with Gasteiger partial charge in [-0.15, -0.1) is 10.2 Å². The summed E-state index contributed by atoms with van der Waals surface area (Å²) >= 11 is 0. The lowest BCUT2D eigenvalue weighted by Gasteiger charge is -2.25. The number of benzene rings is 3. The summed E-state index contributed by atoms with van der Waals surface area (Å²) < 4.78 is 5.68. The van der Waals surface area contributed by atoms with Crippen LogP contribution in [0.1, 0.15) is 52.7 Å². The molecule has 9 nitrogen and oxygen atoms in total. The fraction of sp³-hybridized carbons (Fsp3) is 0.281. The quantitative estimate of drug-likeness (QED) is 0.246. The Morgan fingerprint density at radius 1 is 0.854 bits per heavy atom. The molecule has 41 heavy (non-hydrogen) atoms. The first-order chi connectivity index (χ1) is 19.8. The third kappa shape index (κ3) is 8.60. The standard InChI is InChI=1S/C32H35N5O4/c1-22(2)29(30(39)31-36-35-28(41-31)18-26-16-10-11-23(3)17-26)34-27(38)21-37(20-25-14-8-5-9-15-25)32(40)33-19-24-12-6-4-7-13-24/h4-17,22,29H,18-21H2,1-3H3,(H,33,40)(H,34,38)/t29-/m0/s1. The Balaban J connectivity index is 1.42. The van der Waals surface area contributed by atoms with Crippen molar-refractivity contribution in [3.8, 4) is 0 Å². The van der Waals surface area contributed by atoms with Crippen LogP contribution in [0.4, 0.5) is 4.79 Å². The van der Waals surface area contributed by atoms with E-state index in [1.807, 2.05) is 106 Å². The number of Topliss-reactive ketones (excluding diaryl/α,β-unsaturated/α-hetero) is 1. The van der Waals surface area contributed by atoms with Gasteiger partial charge in [0.2, 0.25) is 17.6 Å². The highest BCUT2D eigenvalue weighted by atomic mass is 16.4. The number of amides is 3. The molecular formula is C32H35N5O4. The minimum absolute atomic E-state index is 0.159. The summed E-state index contributed by atoms with van der Waals surface area (Å²) in [6.45, 7) is 5.94. The van der Waals surface area contributed by atoms with E-state index >= 15 is 0 Å². The number of nitrogens with one attached hydrogen (secondary N) is 2. The molecule has 2 N–H and O–H groups in total. The van der Waals surface area contributed by atoms with Gasteiger partial charge in [-0.05, 0) is 29.5 Å². The number of hydrogen-bond donors (Lipinski definition) is 2. The van der Waals surface area contributed by atoms with Crippen LogP contribution in [0, 0.1) is 12.8 Å². The van der Waals surface area contributed by atoms with Crippen LogP contribution in [0.3, 0.4) is 0 Å². The molecule has 0 unspecified atom stereocenters. The fourth-order valence-electron chi connectivity index (χ4n) is 4.37. The van der Waals surface area contributed by atoms with E-state index in [9.17, 15) is 14.4 Å². The third-order valence-electron chi connectivity index (χ3n) is 6.51. The van der Waals surface area contributed by atoms with Crippen LogP contribution in [0.5, 0.6) is 0 Å². The summed E-state index contributed by atoms with van der Waals surface area (Å²) in [5, 5.41) is 13.7. The Labute approximate surface area is 240 Å². The molecule has 1 heterocycles. The molecule has 0 radical (unpaired) electrons. The van der Waals surface area contributed by atoms with Crippen molar-refractivity contribution < 1.29 is 18.8 Å². The lowest BCUT2D eigenvalue weighted by Crippen LogP contribution is -2.50. The summed E-state index contributed by atoms with van der Waals surface area (Å²) in [5.74, 6) is -1.04. The molecule has 0 saturated heterocycles. The minimum Gasteiger partial charge on any atom is -0.418 e. The van der Waals surface area contributed by atoms with Crippen molar-refractivity contribution in [2.45, 2.75) is 46.3 Å². The first-order valence-electron chi connectivity index (χ1n) is 13.6. The lowest BCUT2D eigenvalue weighted by molar-refractivity contribution is -0.122. The number of nitrogens with zero attached hydrogens (tertiary/aromatic N) is 3. The van der Waals surface area contributed by atoms with Crippen molar-refractivity contribution >= 4 is 17.7 Å². The van der Waals surface area contributed by atoms with Crippen molar-refractivity contribution in [1.82, 2.24) is 25.7 Å². The molecule has 4 aromatic rings. The van der Waals surface area contributed by atoms with Gasteiger partial charge in [0.15, 0.2) is 0 Å². The van der Waals surface area contributed by atoms with Gasteiger partial charge in [0.05, 0.1) is 12.5 Å². The van der Waals surface area contributed by atoms with Gasteiger partial charge < -0.3 is 20.0 Å². The number of urea groups is 1. The molecule has 3 amide bonds. The first kappa shape index (κ1) is 29.2. The molecule has 0 aliphatic carbocycles. The van der Waals surface area contributed by atoms with Crippen LogP contribution in [0.25, 0.3) is 0 Å². The van der Waals surface area contributed by atoms with Crippen molar-refractivity contribution in [2.75, 3.05) is 6.54 Å². The zero-order chi connectivity index (χ0) is 29.2. The Hall–Kier alpha value is -4.79. The summed E-state index contributed by atoms with van der Waals surface area (Å²) in [6, 6.07) is 25.6. The zero-order valence-electron chi connectivity index (χ0n) is 23.5. The van der Waals surface area contributed by atoms with Gasteiger partial charge in [0.1, 0.15) is 6.54 Å². The van der Waals surface area contributed by atoms with Crippen LogP contribution in [0.2, 0.25) is 0 Å². The molecule has 0 spiro atoms. The maximum Gasteiger partial charge on any atom is 0.318 e. The van der Waals surface area contributed by atoms with Crippen molar-refractivity contribution in [3.05, 3.63) is 119 Å². The van der Waals surface area contributed by atoms with E-state index in [2.05, 4.69) is 20.8 Å². The first-order valence-corrected chi connectivity index (χ1v) is 13.6. The topological polar surface area (TPSA) is 117 Å². The largest absolute Gasteiger partial charge is 0.418 e. The summed E-state index contributed by atoms with van der Waals surface area (Å²) in [6.07, 6.45) is 0.396. The highest BCUT2D eigenvalue weighted by Gasteiger charge is 2.30. The second kappa shape index (κ2) is 14.0. The van der Waals surface area contributed by atoms with E-state index in [-0.39, 0.29) is 24.9 Å². The predicted octanol–water partition coefficient (Wildman–Crippen LogP) is 4.70. The van der Waals surface area contributed by atoms with Crippen LogP contribution in [-0.4, -0.2) is 45.4 Å². The van der Waals surface area contributed by atoms with Crippen LogP contribution in [0.15, 0.2) is 89.3 Å². The van der Waals surface area contributed by atoms with Gasteiger partial charge in [-0.1, -0.05) is 104 Å². The summed E-state index contributed by atoms with van der Waals surface area (Å²) in [4.78, 5) is 41.1. The Bertz CT molecular complexity index is 1450. The van der Waals surface area contributed by atoms with E-state index < -0.39 is 23.8 Å². The van der Waals surface area contributed by atoms with Crippen LogP contribution < -0.4 is 10.6 Å². The SMILES string of the molecule is Cc1cccc(Cc2nnc(C(=O)[C@@H](NC(=O)CN(Cc3ccccc3)C(=O)NCc3ccccc3)C(C)C)o2)c1.